The van der Waals surface area contributed by atoms with Crippen LogP contribution in [0.2, 0.25) is 0 Å². The van der Waals surface area contributed by atoms with Gasteiger partial charge in [-0.05, 0) is 31.2 Å². The lowest BCUT2D eigenvalue weighted by atomic mass is 10.2. The standard InChI is InChI=1S/C19H16F2N2O3/c1-12-15(23-18(25-12)13-7-3-2-4-8-13)11-17(24)22-14-9-5-6-10-16(14)26-19(20)21/h2-10,19H,11H2,1H3,(H,22,24). The lowest BCUT2D eigenvalue weighted by Gasteiger charge is -2.11. The normalized spacial score (nSPS) is 10.8. The number of nitrogens with zero attached hydrogens (tertiary/aromatic N) is 1. The fourth-order valence-corrected chi connectivity index (χ4v) is 2.41. The third-order valence-corrected chi connectivity index (χ3v) is 3.62. The number of hydrogen-bond acceptors (Lipinski definition) is 4. The maximum Gasteiger partial charge on any atom is 0.387 e. The fraction of sp³-hybridized carbons (Fsp3) is 0.158. The van der Waals surface area contributed by atoms with E-state index in [1.165, 1.54) is 12.1 Å². The number of anilines is 1. The quantitative estimate of drug-likeness (QED) is 0.708. The summed E-state index contributed by atoms with van der Waals surface area (Å²) in [4.78, 5) is 16.6. The van der Waals surface area contributed by atoms with Crippen LogP contribution in [0.3, 0.4) is 0 Å². The molecule has 0 fully saturated rings. The smallest absolute Gasteiger partial charge is 0.387 e. The van der Waals surface area contributed by atoms with E-state index < -0.39 is 12.5 Å². The molecule has 7 heteroatoms. The number of aryl methyl sites for hydroxylation is 1. The van der Waals surface area contributed by atoms with Gasteiger partial charge >= 0.3 is 6.61 Å². The molecule has 26 heavy (non-hydrogen) atoms. The van der Waals surface area contributed by atoms with E-state index in [1.54, 1.807) is 19.1 Å². The molecule has 0 saturated heterocycles. The van der Waals surface area contributed by atoms with Gasteiger partial charge in [-0.1, -0.05) is 30.3 Å². The first kappa shape index (κ1) is 17.6. The van der Waals surface area contributed by atoms with Crippen LogP contribution in [0.4, 0.5) is 14.5 Å². The van der Waals surface area contributed by atoms with E-state index in [2.05, 4.69) is 15.0 Å². The second-order valence-electron chi connectivity index (χ2n) is 5.49. The van der Waals surface area contributed by atoms with Gasteiger partial charge in [-0.3, -0.25) is 4.79 Å². The van der Waals surface area contributed by atoms with Gasteiger partial charge in [-0.15, -0.1) is 0 Å². The zero-order valence-corrected chi connectivity index (χ0v) is 13.9. The predicted octanol–water partition coefficient (Wildman–Crippen LogP) is 4.43. The molecule has 3 aromatic rings. The van der Waals surface area contributed by atoms with Crippen molar-refractivity contribution in [3.63, 3.8) is 0 Å². The van der Waals surface area contributed by atoms with Crippen LogP contribution in [-0.4, -0.2) is 17.5 Å². The summed E-state index contributed by atoms with van der Waals surface area (Å²) < 4.78 is 34.9. The molecule has 0 saturated carbocycles. The van der Waals surface area contributed by atoms with Gasteiger partial charge in [0.05, 0.1) is 17.8 Å². The second-order valence-corrected chi connectivity index (χ2v) is 5.49. The Balaban J connectivity index is 1.72. The van der Waals surface area contributed by atoms with E-state index in [1.807, 2.05) is 30.3 Å². The molecule has 0 radical (unpaired) electrons. The summed E-state index contributed by atoms with van der Waals surface area (Å²) in [7, 11) is 0. The molecule has 134 valence electrons. The number of nitrogens with one attached hydrogen (secondary N) is 1. The number of aromatic nitrogens is 1. The van der Waals surface area contributed by atoms with Crippen LogP contribution < -0.4 is 10.1 Å². The summed E-state index contributed by atoms with van der Waals surface area (Å²) in [6.07, 6.45) is -0.0504. The van der Waals surface area contributed by atoms with Crippen molar-refractivity contribution in [2.75, 3.05) is 5.32 Å². The van der Waals surface area contributed by atoms with Gasteiger partial charge in [0, 0.05) is 5.56 Å². The molecule has 1 amide bonds. The van der Waals surface area contributed by atoms with Crippen molar-refractivity contribution in [2.45, 2.75) is 20.0 Å². The molecule has 0 bridgehead atoms. The minimum Gasteiger partial charge on any atom is -0.441 e. The SMILES string of the molecule is Cc1oc(-c2ccccc2)nc1CC(=O)Nc1ccccc1OC(F)F. The first-order valence-corrected chi connectivity index (χ1v) is 7.88. The Kier molecular flexibility index (Phi) is 5.26. The van der Waals surface area contributed by atoms with Crippen molar-refractivity contribution in [1.29, 1.82) is 0 Å². The van der Waals surface area contributed by atoms with E-state index in [9.17, 15) is 13.6 Å². The summed E-state index contributed by atoms with van der Waals surface area (Å²) in [6.45, 7) is -1.25. The molecule has 2 aromatic carbocycles. The molecule has 0 aliphatic rings. The van der Waals surface area contributed by atoms with Gasteiger partial charge in [-0.2, -0.15) is 8.78 Å². The highest BCUT2D eigenvalue weighted by atomic mass is 19.3. The first-order valence-electron chi connectivity index (χ1n) is 7.88. The van der Waals surface area contributed by atoms with E-state index in [0.29, 0.717) is 17.3 Å². The predicted molar refractivity (Wildman–Crippen MR) is 92.1 cm³/mol. The molecule has 0 aliphatic heterocycles. The van der Waals surface area contributed by atoms with Crippen molar-refractivity contribution in [3.05, 3.63) is 66.1 Å². The van der Waals surface area contributed by atoms with Crippen molar-refractivity contribution in [2.24, 2.45) is 0 Å². The van der Waals surface area contributed by atoms with Crippen LogP contribution >= 0.6 is 0 Å². The van der Waals surface area contributed by atoms with Gasteiger partial charge < -0.3 is 14.5 Å². The summed E-state index contributed by atoms with van der Waals surface area (Å²) >= 11 is 0. The Hall–Kier alpha value is -3.22. The van der Waals surface area contributed by atoms with E-state index in [-0.39, 0.29) is 17.9 Å². The third-order valence-electron chi connectivity index (χ3n) is 3.62. The topological polar surface area (TPSA) is 64.4 Å². The van der Waals surface area contributed by atoms with Gasteiger partial charge in [0.2, 0.25) is 11.8 Å². The Morgan fingerprint density at radius 1 is 1.15 bits per heavy atom. The Bertz CT molecular complexity index is 895. The molecule has 0 aliphatic carbocycles. The zero-order valence-electron chi connectivity index (χ0n) is 13.9. The largest absolute Gasteiger partial charge is 0.441 e. The molecular weight excluding hydrogens is 342 g/mol. The monoisotopic (exact) mass is 358 g/mol. The maximum absolute atomic E-state index is 12.4. The highest BCUT2D eigenvalue weighted by Crippen LogP contribution is 2.26. The molecule has 3 rings (SSSR count). The number of amides is 1. The molecule has 0 unspecified atom stereocenters. The summed E-state index contributed by atoms with van der Waals surface area (Å²) in [5.41, 5.74) is 1.45. The minimum absolute atomic E-state index is 0.0504. The van der Waals surface area contributed by atoms with Crippen LogP contribution in [-0.2, 0) is 11.2 Å². The number of carbonyl (C=O) groups is 1. The second kappa shape index (κ2) is 7.77. The number of rotatable bonds is 6. The molecule has 0 spiro atoms. The minimum atomic E-state index is -2.97. The zero-order chi connectivity index (χ0) is 18.5. The molecule has 0 atom stereocenters. The Morgan fingerprint density at radius 3 is 2.58 bits per heavy atom. The van der Waals surface area contributed by atoms with Crippen molar-refractivity contribution >= 4 is 11.6 Å². The lowest BCUT2D eigenvalue weighted by Crippen LogP contribution is -2.16. The van der Waals surface area contributed by atoms with Crippen molar-refractivity contribution in [3.8, 4) is 17.2 Å². The van der Waals surface area contributed by atoms with Gasteiger partial charge in [-0.25, -0.2) is 4.98 Å². The average molecular weight is 358 g/mol. The van der Waals surface area contributed by atoms with Crippen molar-refractivity contribution < 1.29 is 22.7 Å². The molecule has 1 aromatic heterocycles. The van der Waals surface area contributed by atoms with Crippen LogP contribution in [0.5, 0.6) is 5.75 Å². The van der Waals surface area contributed by atoms with Crippen LogP contribution in [0, 0.1) is 6.92 Å². The third kappa shape index (κ3) is 4.24. The highest BCUT2D eigenvalue weighted by molar-refractivity contribution is 5.93. The van der Waals surface area contributed by atoms with Gasteiger partial charge in [0.25, 0.3) is 0 Å². The Labute approximate surface area is 148 Å². The number of hydrogen-bond donors (Lipinski definition) is 1. The highest BCUT2D eigenvalue weighted by Gasteiger charge is 2.16. The van der Waals surface area contributed by atoms with Gasteiger partial charge in [0.1, 0.15) is 11.5 Å². The van der Waals surface area contributed by atoms with E-state index >= 15 is 0 Å². The molecule has 5 nitrogen and oxygen atoms in total. The fourth-order valence-electron chi connectivity index (χ4n) is 2.41. The van der Waals surface area contributed by atoms with Crippen LogP contribution in [0.15, 0.2) is 59.0 Å². The maximum atomic E-state index is 12.4. The van der Waals surface area contributed by atoms with E-state index in [4.69, 9.17) is 4.42 Å². The number of carbonyl (C=O) groups excluding carboxylic acids is 1. The number of ether oxygens (including phenoxy) is 1. The molecule has 1 heterocycles. The Morgan fingerprint density at radius 2 is 1.85 bits per heavy atom. The number of benzene rings is 2. The summed E-state index contributed by atoms with van der Waals surface area (Å²) in [5.74, 6) is 0.437. The lowest BCUT2D eigenvalue weighted by molar-refractivity contribution is -0.115. The molecule has 1 N–H and O–H groups in total. The number of para-hydroxylation sites is 2. The summed E-state index contributed by atoms with van der Waals surface area (Å²) in [6, 6.07) is 15.3. The number of halogens is 2. The average Bonchev–Trinajstić information content (AvgIpc) is 2.97. The van der Waals surface area contributed by atoms with Crippen molar-refractivity contribution in [1.82, 2.24) is 4.98 Å². The van der Waals surface area contributed by atoms with Crippen LogP contribution in [0.1, 0.15) is 11.5 Å². The van der Waals surface area contributed by atoms with Crippen LogP contribution in [0.25, 0.3) is 11.5 Å². The van der Waals surface area contributed by atoms with Gasteiger partial charge in [0.15, 0.2) is 0 Å². The number of alkyl halides is 2. The molecular formula is C19H16F2N2O3. The van der Waals surface area contributed by atoms with E-state index in [0.717, 1.165) is 5.56 Å². The summed E-state index contributed by atoms with van der Waals surface area (Å²) in [5, 5.41) is 2.56. The number of oxazole rings is 1. The first-order chi connectivity index (χ1) is 12.5.